The first kappa shape index (κ1) is 19.9. The van der Waals surface area contributed by atoms with Crippen LogP contribution in [0.2, 0.25) is 0 Å². The molecule has 0 saturated carbocycles. The number of fused-ring (bicyclic) bond motifs is 1. The van der Waals surface area contributed by atoms with Crippen molar-refractivity contribution < 1.29 is 9.53 Å². The second-order valence-corrected chi connectivity index (χ2v) is 7.80. The van der Waals surface area contributed by atoms with Crippen molar-refractivity contribution in [3.63, 3.8) is 0 Å². The SMILES string of the molecule is CCc1nc(C(=O)N[C@H](OCNC)C(C)(C)C)c2n1CCCN(C)C2. The number of carbonyl (C=O) groups excluding carboxylic acids is 1. The van der Waals surface area contributed by atoms with E-state index in [4.69, 9.17) is 4.74 Å². The topological polar surface area (TPSA) is 71.4 Å². The number of nitrogens with zero attached hydrogens (tertiary/aromatic N) is 3. The number of imidazole rings is 1. The molecule has 0 aliphatic carbocycles. The Labute approximate surface area is 151 Å². The van der Waals surface area contributed by atoms with Gasteiger partial charge in [-0.25, -0.2) is 4.98 Å². The average molecular weight is 351 g/mol. The zero-order chi connectivity index (χ0) is 18.6. The van der Waals surface area contributed by atoms with Crippen LogP contribution in [0.15, 0.2) is 0 Å². The van der Waals surface area contributed by atoms with Gasteiger partial charge in [-0.1, -0.05) is 27.7 Å². The van der Waals surface area contributed by atoms with E-state index in [2.05, 4.69) is 39.1 Å². The number of hydrogen-bond acceptors (Lipinski definition) is 5. The zero-order valence-electron chi connectivity index (χ0n) is 16.5. The van der Waals surface area contributed by atoms with Crippen LogP contribution in [0.25, 0.3) is 0 Å². The Morgan fingerprint density at radius 3 is 2.68 bits per heavy atom. The normalized spacial score (nSPS) is 17.0. The fourth-order valence-electron chi connectivity index (χ4n) is 3.11. The van der Waals surface area contributed by atoms with Crippen LogP contribution in [-0.4, -0.2) is 54.0 Å². The molecule has 0 bridgehead atoms. The van der Waals surface area contributed by atoms with Gasteiger partial charge in [-0.15, -0.1) is 0 Å². The highest BCUT2D eigenvalue weighted by atomic mass is 16.5. The van der Waals surface area contributed by atoms with E-state index in [-0.39, 0.29) is 11.3 Å². The van der Waals surface area contributed by atoms with Gasteiger partial charge in [0.25, 0.3) is 5.91 Å². The number of nitrogens with one attached hydrogen (secondary N) is 2. The van der Waals surface area contributed by atoms with Crippen molar-refractivity contribution in [3.8, 4) is 0 Å². The fraction of sp³-hybridized carbons (Fsp3) is 0.778. The molecule has 2 rings (SSSR count). The summed E-state index contributed by atoms with van der Waals surface area (Å²) in [6, 6.07) is 0. The summed E-state index contributed by atoms with van der Waals surface area (Å²) in [4.78, 5) is 19.9. The number of amides is 1. The van der Waals surface area contributed by atoms with E-state index in [1.807, 2.05) is 27.8 Å². The largest absolute Gasteiger partial charge is 0.343 e. The number of aryl methyl sites for hydroxylation is 1. The summed E-state index contributed by atoms with van der Waals surface area (Å²) in [7, 11) is 3.91. The number of ether oxygens (including phenoxy) is 1. The maximum atomic E-state index is 13.0. The Kier molecular flexibility index (Phi) is 6.59. The fourth-order valence-corrected chi connectivity index (χ4v) is 3.11. The molecular formula is C18H33N5O2. The van der Waals surface area contributed by atoms with Gasteiger partial charge < -0.3 is 19.5 Å². The molecule has 1 aromatic rings. The quantitative estimate of drug-likeness (QED) is 0.762. The van der Waals surface area contributed by atoms with Crippen LogP contribution >= 0.6 is 0 Å². The molecule has 1 aliphatic rings. The van der Waals surface area contributed by atoms with Gasteiger partial charge in [0.2, 0.25) is 0 Å². The van der Waals surface area contributed by atoms with E-state index in [0.717, 1.165) is 44.0 Å². The summed E-state index contributed by atoms with van der Waals surface area (Å²) in [5, 5.41) is 6.00. The van der Waals surface area contributed by atoms with Gasteiger partial charge in [0.05, 0.1) is 12.4 Å². The smallest absolute Gasteiger partial charge is 0.273 e. The molecule has 1 aliphatic heterocycles. The van der Waals surface area contributed by atoms with Gasteiger partial charge in [0.1, 0.15) is 12.1 Å². The van der Waals surface area contributed by atoms with Crippen molar-refractivity contribution in [1.29, 1.82) is 0 Å². The predicted molar refractivity (Wildman–Crippen MR) is 98.3 cm³/mol. The third-order valence-electron chi connectivity index (χ3n) is 4.47. The van der Waals surface area contributed by atoms with Crippen LogP contribution in [0.4, 0.5) is 0 Å². The van der Waals surface area contributed by atoms with Crippen LogP contribution in [0, 0.1) is 5.41 Å². The molecule has 7 heteroatoms. The molecule has 0 aromatic carbocycles. The lowest BCUT2D eigenvalue weighted by Crippen LogP contribution is -2.47. The molecule has 1 amide bonds. The second kappa shape index (κ2) is 8.29. The Morgan fingerprint density at radius 1 is 1.36 bits per heavy atom. The standard InChI is InChI=1S/C18H33N5O2/c1-7-14-20-15(13-11-22(6)9-8-10-23(13)14)16(24)21-17(18(2,3)4)25-12-19-5/h17,19H,7-12H2,1-6H3,(H,21,24)/t17-/m1/s1. The van der Waals surface area contributed by atoms with Gasteiger partial charge in [-0.05, 0) is 27.1 Å². The monoisotopic (exact) mass is 351 g/mol. The molecular weight excluding hydrogens is 318 g/mol. The minimum atomic E-state index is -0.390. The summed E-state index contributed by atoms with van der Waals surface area (Å²) in [5.74, 6) is 0.827. The summed E-state index contributed by atoms with van der Waals surface area (Å²) < 4.78 is 8.00. The van der Waals surface area contributed by atoms with Gasteiger partial charge in [-0.3, -0.25) is 10.1 Å². The Balaban J connectivity index is 2.27. The van der Waals surface area contributed by atoms with E-state index in [1.54, 1.807) is 0 Å². The number of rotatable bonds is 6. The highest BCUT2D eigenvalue weighted by Crippen LogP contribution is 2.23. The number of aromatic nitrogens is 2. The molecule has 0 saturated heterocycles. The zero-order valence-corrected chi connectivity index (χ0v) is 16.5. The molecule has 1 aromatic heterocycles. The van der Waals surface area contributed by atoms with Crippen molar-refractivity contribution in [3.05, 3.63) is 17.2 Å². The molecule has 2 heterocycles. The molecule has 142 valence electrons. The van der Waals surface area contributed by atoms with Crippen molar-refractivity contribution >= 4 is 5.91 Å². The van der Waals surface area contributed by atoms with E-state index >= 15 is 0 Å². The average Bonchev–Trinajstić information content (AvgIpc) is 2.76. The van der Waals surface area contributed by atoms with Crippen LogP contribution in [0.1, 0.15) is 56.1 Å². The molecule has 2 N–H and O–H groups in total. The van der Waals surface area contributed by atoms with Crippen LogP contribution in [0.3, 0.4) is 0 Å². The highest BCUT2D eigenvalue weighted by molar-refractivity contribution is 5.93. The molecule has 25 heavy (non-hydrogen) atoms. The van der Waals surface area contributed by atoms with Crippen molar-refractivity contribution in [2.45, 2.75) is 59.9 Å². The van der Waals surface area contributed by atoms with Crippen molar-refractivity contribution in [2.75, 3.05) is 27.4 Å². The highest BCUT2D eigenvalue weighted by Gasteiger charge is 2.30. The summed E-state index contributed by atoms with van der Waals surface area (Å²) in [6.07, 6.45) is 1.51. The maximum Gasteiger partial charge on any atom is 0.273 e. The van der Waals surface area contributed by atoms with Gasteiger partial charge in [0, 0.05) is 24.9 Å². The third-order valence-corrected chi connectivity index (χ3v) is 4.47. The van der Waals surface area contributed by atoms with Gasteiger partial charge >= 0.3 is 0 Å². The first-order chi connectivity index (χ1) is 11.8. The first-order valence-electron chi connectivity index (χ1n) is 9.11. The minimum absolute atomic E-state index is 0.158. The lowest BCUT2D eigenvalue weighted by Gasteiger charge is -2.31. The number of hydrogen-bond donors (Lipinski definition) is 2. The first-order valence-corrected chi connectivity index (χ1v) is 9.11. The number of carbonyl (C=O) groups is 1. The van der Waals surface area contributed by atoms with Gasteiger partial charge in [-0.2, -0.15) is 0 Å². The van der Waals surface area contributed by atoms with Crippen LogP contribution in [0.5, 0.6) is 0 Å². The van der Waals surface area contributed by atoms with Crippen molar-refractivity contribution in [1.82, 2.24) is 25.1 Å². The Bertz CT molecular complexity index is 591. The third kappa shape index (κ3) is 4.80. The Hall–Kier alpha value is -1.44. The summed E-state index contributed by atoms with van der Waals surface area (Å²) in [5.41, 5.74) is 1.33. The van der Waals surface area contributed by atoms with E-state index in [0.29, 0.717) is 12.4 Å². The minimum Gasteiger partial charge on any atom is -0.343 e. The van der Waals surface area contributed by atoms with Crippen molar-refractivity contribution in [2.24, 2.45) is 5.41 Å². The molecule has 0 unspecified atom stereocenters. The summed E-state index contributed by atoms with van der Waals surface area (Å²) >= 11 is 0. The van der Waals surface area contributed by atoms with Crippen LogP contribution in [-0.2, 0) is 24.2 Å². The molecule has 1 atom stereocenters. The molecule has 7 nitrogen and oxygen atoms in total. The Morgan fingerprint density at radius 2 is 2.08 bits per heavy atom. The molecule has 0 fully saturated rings. The molecule has 0 spiro atoms. The van der Waals surface area contributed by atoms with E-state index < -0.39 is 6.23 Å². The van der Waals surface area contributed by atoms with E-state index in [1.165, 1.54) is 0 Å². The second-order valence-electron chi connectivity index (χ2n) is 7.80. The maximum absolute atomic E-state index is 13.0. The lowest BCUT2D eigenvalue weighted by molar-refractivity contribution is -0.0407. The summed E-state index contributed by atoms with van der Waals surface area (Å²) in [6.45, 7) is 11.3. The van der Waals surface area contributed by atoms with Gasteiger partial charge in [0.15, 0.2) is 5.69 Å². The molecule has 0 radical (unpaired) electrons. The van der Waals surface area contributed by atoms with E-state index in [9.17, 15) is 4.79 Å². The van der Waals surface area contributed by atoms with Crippen LogP contribution < -0.4 is 10.6 Å². The predicted octanol–water partition coefficient (Wildman–Crippen LogP) is 1.58. The lowest BCUT2D eigenvalue weighted by atomic mass is 9.94.